The first kappa shape index (κ1) is 38.6. The molecule has 4 saturated carbocycles. The van der Waals surface area contributed by atoms with Gasteiger partial charge in [-0.3, -0.25) is 19.2 Å². The Morgan fingerprint density at radius 1 is 0.771 bits per heavy atom. The second kappa shape index (κ2) is 17.1. The predicted octanol–water partition coefficient (Wildman–Crippen LogP) is 4.41. The lowest BCUT2D eigenvalue weighted by Gasteiger charge is -2.64. The maximum atomic E-state index is 13.2. The Hall–Kier alpha value is -2.24. The minimum absolute atomic E-state index is 0.0926. The van der Waals surface area contributed by atoms with Gasteiger partial charge in [0.1, 0.15) is 18.3 Å². The van der Waals surface area contributed by atoms with E-state index < -0.39 is 0 Å². The highest BCUT2D eigenvalue weighted by atomic mass is 16.6. The zero-order chi connectivity index (χ0) is 35.1. The molecule has 0 radical (unpaired) electrons. The largest absolute Gasteiger partial charge is 0.466 e. The van der Waals surface area contributed by atoms with Crippen molar-refractivity contribution in [3.05, 3.63) is 0 Å². The summed E-state index contributed by atoms with van der Waals surface area (Å²) in [5, 5.41) is 0. The summed E-state index contributed by atoms with van der Waals surface area (Å²) in [6, 6.07) is 0. The number of fused-ring (bicyclic) bond motifs is 5. The smallest absolute Gasteiger partial charge is 0.307 e. The molecule has 6 N–H and O–H groups in total. The fraction of sp³-hybridized carbons (Fsp3) is 0.892. The first-order valence-electron chi connectivity index (χ1n) is 18.8. The van der Waals surface area contributed by atoms with E-state index in [1.165, 1.54) is 0 Å². The normalized spacial score (nSPS) is 36.1. The molecule has 4 fully saturated rings. The van der Waals surface area contributed by atoms with E-state index in [1.54, 1.807) is 0 Å². The molecule has 0 amide bonds. The van der Waals surface area contributed by atoms with Gasteiger partial charge in [0.05, 0.1) is 25.9 Å². The fourth-order valence-electron chi connectivity index (χ4n) is 10.5. The van der Waals surface area contributed by atoms with Crippen LogP contribution in [0.3, 0.4) is 0 Å². The average molecular weight is 678 g/mol. The van der Waals surface area contributed by atoms with Crippen molar-refractivity contribution in [2.45, 2.75) is 136 Å². The maximum absolute atomic E-state index is 13.2. The van der Waals surface area contributed by atoms with Crippen LogP contribution in [-0.4, -0.2) is 68.4 Å². The van der Waals surface area contributed by atoms with E-state index >= 15 is 0 Å². The molecule has 0 spiro atoms. The van der Waals surface area contributed by atoms with Crippen LogP contribution in [0.4, 0.5) is 0 Å². The molecule has 4 aliphatic carbocycles. The van der Waals surface area contributed by atoms with Crippen molar-refractivity contribution < 1.29 is 38.1 Å². The van der Waals surface area contributed by atoms with Crippen LogP contribution in [-0.2, 0) is 38.1 Å². The molecular weight excluding hydrogens is 614 g/mol. The van der Waals surface area contributed by atoms with Crippen LogP contribution in [0.5, 0.6) is 0 Å². The van der Waals surface area contributed by atoms with E-state index in [2.05, 4.69) is 27.7 Å². The molecule has 11 nitrogen and oxygen atoms in total. The topological polar surface area (TPSA) is 183 Å². The number of nitrogens with two attached hydrogens (primary N) is 3. The van der Waals surface area contributed by atoms with Crippen LogP contribution in [0.15, 0.2) is 0 Å². The van der Waals surface area contributed by atoms with Gasteiger partial charge >= 0.3 is 23.9 Å². The summed E-state index contributed by atoms with van der Waals surface area (Å²) in [5.41, 5.74) is 16.7. The van der Waals surface area contributed by atoms with E-state index in [0.717, 1.165) is 38.5 Å². The van der Waals surface area contributed by atoms with Crippen LogP contribution in [0, 0.1) is 46.3 Å². The standard InChI is InChI=1S/C37H63N3O8/c1-5-6-19-45-31(41)10-7-23(2)26-8-9-27-35-28(22-30(37(26,27)4)48-34(44)14-18-40)36(3)15-11-25(46-32(42)12-16-38)20-24(36)21-29(35)47-33(43)13-17-39/h23-30,35H,5-22,38-40H2,1-4H3/t23?,24?,25-,26?,27+,28+,29-,30+,35?,36+,37-/m1/s1. The Bertz CT molecular complexity index is 1120. The minimum atomic E-state index is -0.367. The molecule has 0 bridgehead atoms. The molecule has 11 atom stereocenters. The van der Waals surface area contributed by atoms with Gasteiger partial charge < -0.3 is 36.1 Å². The van der Waals surface area contributed by atoms with Crippen molar-refractivity contribution >= 4 is 23.9 Å². The fourth-order valence-corrected chi connectivity index (χ4v) is 10.5. The molecule has 274 valence electrons. The third kappa shape index (κ3) is 8.37. The Morgan fingerprint density at radius 2 is 1.42 bits per heavy atom. The van der Waals surface area contributed by atoms with Gasteiger partial charge in [0.2, 0.25) is 0 Å². The number of hydrogen-bond acceptors (Lipinski definition) is 11. The Morgan fingerprint density at radius 3 is 2.06 bits per heavy atom. The Kier molecular flexibility index (Phi) is 13.8. The summed E-state index contributed by atoms with van der Waals surface area (Å²) in [6.45, 7) is 10.1. The Labute approximate surface area is 287 Å². The van der Waals surface area contributed by atoms with Crippen molar-refractivity contribution in [2.24, 2.45) is 63.5 Å². The lowest BCUT2D eigenvalue weighted by molar-refractivity contribution is -0.225. The zero-order valence-corrected chi connectivity index (χ0v) is 29.9. The molecule has 0 aliphatic heterocycles. The second-order valence-corrected chi connectivity index (χ2v) is 15.6. The third-order valence-electron chi connectivity index (χ3n) is 12.9. The van der Waals surface area contributed by atoms with Gasteiger partial charge in [0.15, 0.2) is 0 Å². The van der Waals surface area contributed by atoms with Gasteiger partial charge in [0.25, 0.3) is 0 Å². The first-order valence-corrected chi connectivity index (χ1v) is 18.8. The van der Waals surface area contributed by atoms with E-state index in [-0.39, 0.29) is 127 Å². The summed E-state index contributed by atoms with van der Waals surface area (Å²) in [6.07, 6.45) is 8.17. The van der Waals surface area contributed by atoms with Gasteiger partial charge in [-0.1, -0.05) is 34.1 Å². The van der Waals surface area contributed by atoms with E-state index in [1.807, 2.05) is 0 Å². The van der Waals surface area contributed by atoms with E-state index in [4.69, 9.17) is 36.1 Å². The highest BCUT2D eigenvalue weighted by molar-refractivity contribution is 5.71. The van der Waals surface area contributed by atoms with Crippen LogP contribution < -0.4 is 17.2 Å². The monoisotopic (exact) mass is 677 g/mol. The number of unbranched alkanes of at least 4 members (excludes halogenated alkanes) is 1. The lowest BCUT2D eigenvalue weighted by Crippen LogP contribution is -2.63. The van der Waals surface area contributed by atoms with E-state index in [0.29, 0.717) is 38.7 Å². The molecule has 4 unspecified atom stereocenters. The number of carbonyl (C=O) groups is 4. The van der Waals surface area contributed by atoms with Gasteiger partial charge in [-0.05, 0) is 92.8 Å². The SMILES string of the molecule is CCCCOC(=O)CCC(C)C1CC[C@H]2C3[C@H](OC(=O)CCN)CC4C[C@H](OC(=O)CCN)CC[C@]4(C)[C@H]3C[C@H](OC(=O)CCN)[C@]12C. The summed E-state index contributed by atoms with van der Waals surface area (Å²) in [7, 11) is 0. The average Bonchev–Trinajstić information content (AvgIpc) is 3.39. The van der Waals surface area contributed by atoms with Crippen molar-refractivity contribution in [1.29, 1.82) is 0 Å². The number of esters is 4. The highest BCUT2D eigenvalue weighted by Crippen LogP contribution is 2.69. The van der Waals surface area contributed by atoms with Crippen LogP contribution >= 0.6 is 0 Å². The summed E-state index contributed by atoms with van der Waals surface area (Å²) in [5.74, 6) is -0.0202. The molecular formula is C37H63N3O8. The molecule has 4 aliphatic rings. The maximum Gasteiger partial charge on any atom is 0.307 e. The zero-order valence-electron chi connectivity index (χ0n) is 29.9. The van der Waals surface area contributed by atoms with Crippen LogP contribution in [0.2, 0.25) is 0 Å². The van der Waals surface area contributed by atoms with Crippen molar-refractivity contribution in [3.8, 4) is 0 Å². The van der Waals surface area contributed by atoms with Gasteiger partial charge in [0, 0.05) is 37.4 Å². The number of carbonyl (C=O) groups excluding carboxylic acids is 4. The minimum Gasteiger partial charge on any atom is -0.466 e. The van der Waals surface area contributed by atoms with Crippen LogP contribution in [0.25, 0.3) is 0 Å². The number of ether oxygens (including phenoxy) is 4. The summed E-state index contributed by atoms with van der Waals surface area (Å²) in [4.78, 5) is 51.2. The lowest BCUT2D eigenvalue weighted by atomic mass is 9.43. The highest BCUT2D eigenvalue weighted by Gasteiger charge is 2.67. The van der Waals surface area contributed by atoms with Gasteiger partial charge in [-0.15, -0.1) is 0 Å². The molecule has 4 rings (SSSR count). The molecule has 0 saturated heterocycles. The third-order valence-corrected chi connectivity index (χ3v) is 12.9. The Balaban J connectivity index is 1.65. The number of hydrogen-bond donors (Lipinski definition) is 3. The summed E-state index contributed by atoms with van der Waals surface area (Å²) >= 11 is 0. The predicted molar refractivity (Wildman–Crippen MR) is 181 cm³/mol. The number of rotatable bonds is 16. The molecule has 0 heterocycles. The molecule has 48 heavy (non-hydrogen) atoms. The van der Waals surface area contributed by atoms with Crippen LogP contribution in [0.1, 0.15) is 118 Å². The van der Waals surface area contributed by atoms with Crippen molar-refractivity contribution in [2.75, 3.05) is 26.2 Å². The van der Waals surface area contributed by atoms with Gasteiger partial charge in [-0.2, -0.15) is 0 Å². The molecule has 11 heteroatoms. The van der Waals surface area contributed by atoms with E-state index in [9.17, 15) is 19.2 Å². The quantitative estimate of drug-likeness (QED) is 0.120. The summed E-state index contributed by atoms with van der Waals surface area (Å²) < 4.78 is 24.1. The first-order chi connectivity index (χ1) is 22.9. The molecule has 0 aromatic carbocycles. The second-order valence-electron chi connectivity index (χ2n) is 15.6. The molecule has 0 aromatic rings. The molecule has 0 aromatic heterocycles. The van der Waals surface area contributed by atoms with Gasteiger partial charge in [-0.25, -0.2) is 0 Å². The van der Waals surface area contributed by atoms with Crippen molar-refractivity contribution in [3.63, 3.8) is 0 Å². The van der Waals surface area contributed by atoms with Crippen molar-refractivity contribution in [1.82, 2.24) is 0 Å².